The Morgan fingerprint density at radius 2 is 0.808 bits per heavy atom. The van der Waals surface area contributed by atoms with Crippen LogP contribution in [0.5, 0.6) is 0 Å². The number of hydrogen-bond donors (Lipinski definition) is 0. The molecule has 0 spiro atoms. The summed E-state index contributed by atoms with van der Waals surface area (Å²) in [6, 6.07) is 67.9. The first-order chi connectivity index (χ1) is 25.8. The molecule has 1 aliphatic rings. The average Bonchev–Trinajstić information content (AvgIpc) is 3.74. The second-order valence-electron chi connectivity index (χ2n) is 13.6. The molecule has 0 bridgehead atoms. The second kappa shape index (κ2) is 11.3. The highest BCUT2D eigenvalue weighted by Gasteiger charge is 2.37. The Balaban J connectivity index is 1.28. The molecule has 0 unspecified atom stereocenters. The van der Waals surface area contributed by atoms with Crippen molar-refractivity contribution >= 4 is 72.8 Å². The van der Waals surface area contributed by atoms with Gasteiger partial charge in [0.2, 0.25) is 0 Å². The van der Waals surface area contributed by atoms with Crippen molar-refractivity contribution in [2.24, 2.45) is 0 Å². The molecule has 0 saturated heterocycles. The van der Waals surface area contributed by atoms with Gasteiger partial charge in [-0.15, -0.1) is 0 Å². The van der Waals surface area contributed by atoms with Crippen LogP contribution in [0.4, 0.5) is 11.4 Å². The van der Waals surface area contributed by atoms with E-state index >= 15 is 0 Å². The van der Waals surface area contributed by atoms with Crippen LogP contribution in [0, 0.1) is 0 Å². The lowest BCUT2D eigenvalue weighted by Gasteiger charge is -2.39. The van der Waals surface area contributed by atoms with Crippen molar-refractivity contribution in [3.05, 3.63) is 188 Å². The first-order valence-corrected chi connectivity index (χ1v) is 17.9. The summed E-state index contributed by atoms with van der Waals surface area (Å²) < 4.78 is 4.68. The van der Waals surface area contributed by atoms with Crippen LogP contribution in [0.3, 0.4) is 0 Å². The Labute approximate surface area is 301 Å². The molecular weight excluding hydrogens is 631 g/mol. The molecule has 0 aliphatic carbocycles. The fraction of sp³-hybridized carbons (Fsp3) is 0. The van der Waals surface area contributed by atoms with E-state index in [0.29, 0.717) is 0 Å². The number of anilines is 2. The van der Waals surface area contributed by atoms with Crippen LogP contribution >= 0.6 is 0 Å². The van der Waals surface area contributed by atoms with Gasteiger partial charge in [-0.1, -0.05) is 151 Å². The van der Waals surface area contributed by atoms with Crippen molar-refractivity contribution < 1.29 is 0 Å². The summed E-state index contributed by atoms with van der Waals surface area (Å²) in [7, 11) is 0. The van der Waals surface area contributed by atoms with E-state index in [-0.39, 0.29) is 6.85 Å². The summed E-state index contributed by atoms with van der Waals surface area (Å²) in [4.78, 5) is 8.14. The zero-order chi connectivity index (χ0) is 34.2. The molecule has 242 valence electrons. The quantitative estimate of drug-likeness (QED) is 0.175. The summed E-state index contributed by atoms with van der Waals surface area (Å²) in [6.45, 7) is -0.0632. The minimum Gasteiger partial charge on any atom is -0.376 e. The molecule has 0 saturated carbocycles. The fourth-order valence-corrected chi connectivity index (χ4v) is 8.62. The molecule has 0 N–H and O–H groups in total. The summed E-state index contributed by atoms with van der Waals surface area (Å²) in [6.07, 6.45) is 0. The fourth-order valence-electron chi connectivity index (χ4n) is 8.62. The minimum atomic E-state index is -0.0632. The molecule has 0 atom stereocenters. The number of benzene rings is 7. The van der Waals surface area contributed by atoms with Crippen molar-refractivity contribution in [1.82, 2.24) is 14.1 Å². The zero-order valence-electron chi connectivity index (χ0n) is 28.3. The van der Waals surface area contributed by atoms with Crippen LogP contribution in [0.25, 0.3) is 66.4 Å². The summed E-state index contributed by atoms with van der Waals surface area (Å²) in [5.74, 6) is 1.74. The van der Waals surface area contributed by atoms with E-state index in [0.717, 1.165) is 39.4 Å². The lowest BCUT2D eigenvalue weighted by Crippen LogP contribution is -2.57. The predicted molar refractivity (Wildman–Crippen MR) is 218 cm³/mol. The highest BCUT2D eigenvalue weighted by atomic mass is 15.2. The number of fused-ring (bicyclic) bond motifs is 9. The molecule has 0 amide bonds. The van der Waals surface area contributed by atoms with Crippen LogP contribution in [-0.4, -0.2) is 21.0 Å². The lowest BCUT2D eigenvalue weighted by atomic mass is 9.46. The van der Waals surface area contributed by atoms with Gasteiger partial charge >= 0.3 is 6.85 Å². The van der Waals surface area contributed by atoms with E-state index in [9.17, 15) is 0 Å². The zero-order valence-corrected chi connectivity index (χ0v) is 28.3. The Morgan fingerprint density at radius 3 is 1.35 bits per heavy atom. The van der Waals surface area contributed by atoms with Gasteiger partial charge in [0.25, 0.3) is 0 Å². The van der Waals surface area contributed by atoms with E-state index in [1.807, 2.05) is 0 Å². The Morgan fingerprint density at radius 1 is 0.385 bits per heavy atom. The molecule has 10 aromatic rings. The summed E-state index contributed by atoms with van der Waals surface area (Å²) in [5, 5.41) is 4.84. The van der Waals surface area contributed by atoms with Crippen LogP contribution in [0.1, 0.15) is 0 Å². The van der Waals surface area contributed by atoms with Crippen molar-refractivity contribution in [2.75, 3.05) is 4.81 Å². The Bertz CT molecular complexity index is 2760. The first kappa shape index (κ1) is 28.9. The van der Waals surface area contributed by atoms with Gasteiger partial charge < -0.3 is 4.81 Å². The molecule has 5 heteroatoms. The van der Waals surface area contributed by atoms with Crippen molar-refractivity contribution in [3.8, 4) is 22.8 Å². The van der Waals surface area contributed by atoms with Crippen LogP contribution in [0.15, 0.2) is 188 Å². The molecule has 3 aromatic heterocycles. The second-order valence-corrected chi connectivity index (χ2v) is 13.6. The van der Waals surface area contributed by atoms with Gasteiger partial charge in [0, 0.05) is 50.6 Å². The van der Waals surface area contributed by atoms with Gasteiger partial charge in [-0.2, -0.15) is 0 Å². The standard InChI is InChI=1S/C47H31BN4/c1-2-16-32(17-3-1)48-40-24-10-4-18-34(40)35-19-9-15-29-45(35)52(48)33-30-46(50-41-25-11-5-20-36(41)37-21-6-12-26-42(37)50)49-47(31-33)51-43-27-13-7-22-38(43)39-23-8-14-28-44(39)51/h1-31H. The number of rotatable bonds is 4. The number of hydrogen-bond acceptors (Lipinski definition) is 2. The van der Waals surface area contributed by atoms with E-state index in [4.69, 9.17) is 4.98 Å². The highest BCUT2D eigenvalue weighted by molar-refractivity contribution is 6.90. The maximum Gasteiger partial charge on any atom is 0.328 e. The molecule has 0 radical (unpaired) electrons. The minimum absolute atomic E-state index is 0.0632. The van der Waals surface area contributed by atoms with E-state index in [2.05, 4.69) is 202 Å². The van der Waals surface area contributed by atoms with E-state index in [1.165, 1.54) is 49.3 Å². The van der Waals surface area contributed by atoms with Gasteiger partial charge in [0.15, 0.2) is 0 Å². The maximum absolute atomic E-state index is 5.61. The molecule has 52 heavy (non-hydrogen) atoms. The molecule has 7 aromatic carbocycles. The lowest BCUT2D eigenvalue weighted by molar-refractivity contribution is 1.01. The number of pyridine rings is 1. The molecule has 4 nitrogen and oxygen atoms in total. The molecule has 0 fully saturated rings. The largest absolute Gasteiger partial charge is 0.376 e. The first-order valence-electron chi connectivity index (χ1n) is 17.9. The Kier molecular flexibility index (Phi) is 6.31. The van der Waals surface area contributed by atoms with Crippen molar-refractivity contribution in [2.45, 2.75) is 0 Å². The molecule has 11 rings (SSSR count). The van der Waals surface area contributed by atoms with E-state index < -0.39 is 0 Å². The van der Waals surface area contributed by atoms with Crippen molar-refractivity contribution in [3.63, 3.8) is 0 Å². The number of para-hydroxylation sites is 5. The normalized spacial score (nSPS) is 12.5. The smallest absolute Gasteiger partial charge is 0.328 e. The SMILES string of the molecule is c1ccc(B2c3ccccc3-c3ccccc3N2c2cc(-n3c4ccccc4c4ccccc43)nc(-n3c4ccccc4c4ccccc43)c2)cc1. The maximum atomic E-state index is 5.61. The predicted octanol–water partition coefficient (Wildman–Crippen LogP) is 10.2. The van der Waals surface area contributed by atoms with Gasteiger partial charge in [-0.25, -0.2) is 4.98 Å². The summed E-state index contributed by atoms with van der Waals surface area (Å²) in [5.41, 5.74) is 11.8. The van der Waals surface area contributed by atoms with Crippen LogP contribution < -0.4 is 15.7 Å². The van der Waals surface area contributed by atoms with Gasteiger partial charge in [0.05, 0.1) is 22.1 Å². The van der Waals surface area contributed by atoms with Crippen LogP contribution in [0.2, 0.25) is 0 Å². The third-order valence-corrected chi connectivity index (χ3v) is 10.8. The van der Waals surface area contributed by atoms with Gasteiger partial charge in [-0.05, 0) is 41.4 Å². The molecular formula is C47H31BN4. The number of nitrogens with zero attached hydrogens (tertiary/aromatic N) is 4. The monoisotopic (exact) mass is 662 g/mol. The third-order valence-electron chi connectivity index (χ3n) is 10.8. The highest BCUT2D eigenvalue weighted by Crippen LogP contribution is 2.42. The topological polar surface area (TPSA) is 26.0 Å². The summed E-state index contributed by atoms with van der Waals surface area (Å²) >= 11 is 0. The number of aromatic nitrogens is 3. The van der Waals surface area contributed by atoms with Gasteiger partial charge in [0.1, 0.15) is 11.6 Å². The molecule has 1 aliphatic heterocycles. The Hall–Kier alpha value is -6.85. The third kappa shape index (κ3) is 4.20. The molecule has 4 heterocycles. The van der Waals surface area contributed by atoms with Crippen LogP contribution in [-0.2, 0) is 0 Å². The van der Waals surface area contributed by atoms with Gasteiger partial charge in [-0.3, -0.25) is 9.13 Å². The average molecular weight is 663 g/mol. The van der Waals surface area contributed by atoms with Crippen molar-refractivity contribution in [1.29, 1.82) is 0 Å². The van der Waals surface area contributed by atoms with E-state index in [1.54, 1.807) is 0 Å².